The first-order chi connectivity index (χ1) is 7.45. The molecular weight excluding hydrogens is 184 g/mol. The van der Waals surface area contributed by atoms with Crippen LogP contribution in [0.4, 0.5) is 0 Å². The Balaban J connectivity index is 2.01. The molecule has 1 fully saturated rings. The van der Waals surface area contributed by atoms with Crippen LogP contribution >= 0.6 is 0 Å². The van der Waals surface area contributed by atoms with E-state index in [0.29, 0.717) is 6.04 Å². The van der Waals surface area contributed by atoms with Gasteiger partial charge in [-0.05, 0) is 24.8 Å². The molecule has 1 saturated carbocycles. The Bertz CT molecular complexity index is 441. The van der Waals surface area contributed by atoms with Gasteiger partial charge in [0, 0.05) is 6.04 Å². The van der Waals surface area contributed by atoms with E-state index in [9.17, 15) is 0 Å². The minimum absolute atomic E-state index is 0.683. The first-order valence-corrected chi connectivity index (χ1v) is 5.52. The molecule has 0 amide bonds. The molecule has 0 atom stereocenters. The van der Waals surface area contributed by atoms with Gasteiger partial charge in [0.05, 0.1) is 18.2 Å². The summed E-state index contributed by atoms with van der Waals surface area (Å²) in [6.45, 7) is 0. The van der Waals surface area contributed by atoms with Gasteiger partial charge >= 0.3 is 0 Å². The van der Waals surface area contributed by atoms with Crippen molar-refractivity contribution in [2.75, 3.05) is 0 Å². The SMILES string of the molecule is c1ccc(-c2cncn2C2CCC2)cc1. The third-order valence-electron chi connectivity index (χ3n) is 3.20. The Kier molecular flexibility index (Phi) is 2.05. The molecule has 1 heterocycles. The fraction of sp³-hybridized carbons (Fsp3) is 0.308. The molecule has 15 heavy (non-hydrogen) atoms. The van der Waals surface area contributed by atoms with Crippen LogP contribution in [0.15, 0.2) is 42.9 Å². The molecule has 0 N–H and O–H groups in total. The quantitative estimate of drug-likeness (QED) is 0.724. The fourth-order valence-electron chi connectivity index (χ4n) is 2.09. The van der Waals surface area contributed by atoms with E-state index in [1.54, 1.807) is 0 Å². The number of imidazole rings is 1. The lowest BCUT2D eigenvalue weighted by molar-refractivity contribution is 0.316. The summed E-state index contributed by atoms with van der Waals surface area (Å²) >= 11 is 0. The molecule has 1 aromatic heterocycles. The van der Waals surface area contributed by atoms with Gasteiger partial charge in [-0.1, -0.05) is 30.3 Å². The normalized spacial score (nSPS) is 16.3. The molecule has 76 valence electrons. The average Bonchev–Trinajstić information content (AvgIpc) is 2.65. The van der Waals surface area contributed by atoms with Crippen molar-refractivity contribution < 1.29 is 0 Å². The van der Waals surface area contributed by atoms with Gasteiger partial charge in [-0.15, -0.1) is 0 Å². The van der Waals surface area contributed by atoms with Crippen LogP contribution in [0.25, 0.3) is 11.3 Å². The second kappa shape index (κ2) is 3.54. The number of hydrogen-bond donors (Lipinski definition) is 0. The Labute approximate surface area is 89.6 Å². The van der Waals surface area contributed by atoms with Crippen LogP contribution in [-0.2, 0) is 0 Å². The molecule has 2 aromatic rings. The average molecular weight is 198 g/mol. The van der Waals surface area contributed by atoms with Crippen LogP contribution in [0.2, 0.25) is 0 Å². The molecule has 0 bridgehead atoms. The third-order valence-corrected chi connectivity index (χ3v) is 3.20. The summed E-state index contributed by atoms with van der Waals surface area (Å²) in [4.78, 5) is 4.26. The lowest BCUT2D eigenvalue weighted by atomic mass is 9.92. The molecule has 1 aromatic carbocycles. The second-order valence-corrected chi connectivity index (χ2v) is 4.14. The molecule has 0 radical (unpaired) electrons. The monoisotopic (exact) mass is 198 g/mol. The molecule has 2 heteroatoms. The standard InChI is InChI=1S/C13H14N2/c1-2-5-11(6-3-1)13-9-14-10-15(13)12-7-4-8-12/h1-3,5-6,9-10,12H,4,7-8H2. The molecule has 3 rings (SSSR count). The van der Waals surface area contributed by atoms with Crippen molar-refractivity contribution in [3.63, 3.8) is 0 Å². The number of nitrogens with zero attached hydrogens (tertiary/aromatic N) is 2. The number of hydrogen-bond acceptors (Lipinski definition) is 1. The van der Waals surface area contributed by atoms with Gasteiger partial charge < -0.3 is 4.57 Å². The molecule has 2 nitrogen and oxygen atoms in total. The zero-order valence-electron chi connectivity index (χ0n) is 8.63. The summed E-state index contributed by atoms with van der Waals surface area (Å²) in [6, 6.07) is 11.2. The van der Waals surface area contributed by atoms with Gasteiger partial charge in [0.25, 0.3) is 0 Å². The maximum Gasteiger partial charge on any atom is 0.0953 e. The van der Waals surface area contributed by atoms with E-state index in [1.807, 2.05) is 18.6 Å². The van der Waals surface area contributed by atoms with Crippen LogP contribution in [0.3, 0.4) is 0 Å². The van der Waals surface area contributed by atoms with E-state index < -0.39 is 0 Å². The van der Waals surface area contributed by atoms with Crippen molar-refractivity contribution in [2.24, 2.45) is 0 Å². The lowest BCUT2D eigenvalue weighted by Crippen LogP contribution is -2.16. The maximum atomic E-state index is 4.26. The first kappa shape index (κ1) is 8.72. The molecule has 0 unspecified atom stereocenters. The van der Waals surface area contributed by atoms with Crippen LogP contribution < -0.4 is 0 Å². The van der Waals surface area contributed by atoms with E-state index in [-0.39, 0.29) is 0 Å². The van der Waals surface area contributed by atoms with Gasteiger partial charge in [0.15, 0.2) is 0 Å². The van der Waals surface area contributed by atoms with Crippen LogP contribution in [0.1, 0.15) is 25.3 Å². The van der Waals surface area contributed by atoms with E-state index in [0.717, 1.165) is 0 Å². The highest BCUT2D eigenvalue weighted by Gasteiger charge is 2.21. The molecule has 0 saturated heterocycles. The summed E-state index contributed by atoms with van der Waals surface area (Å²) in [7, 11) is 0. The van der Waals surface area contributed by atoms with E-state index in [1.165, 1.54) is 30.5 Å². The minimum Gasteiger partial charge on any atom is -0.328 e. The maximum absolute atomic E-state index is 4.26. The predicted molar refractivity (Wildman–Crippen MR) is 60.6 cm³/mol. The van der Waals surface area contributed by atoms with Crippen molar-refractivity contribution >= 4 is 0 Å². The topological polar surface area (TPSA) is 17.8 Å². The molecule has 1 aliphatic rings. The largest absolute Gasteiger partial charge is 0.328 e. The van der Waals surface area contributed by atoms with Crippen molar-refractivity contribution in [3.8, 4) is 11.3 Å². The summed E-state index contributed by atoms with van der Waals surface area (Å²) in [5.41, 5.74) is 2.52. The summed E-state index contributed by atoms with van der Waals surface area (Å²) in [6.07, 6.45) is 7.89. The lowest BCUT2D eigenvalue weighted by Gasteiger charge is -2.28. The summed E-state index contributed by atoms with van der Waals surface area (Å²) in [5.74, 6) is 0. The van der Waals surface area contributed by atoms with Gasteiger partial charge in [-0.25, -0.2) is 4.98 Å². The van der Waals surface area contributed by atoms with Crippen molar-refractivity contribution in [2.45, 2.75) is 25.3 Å². The molecule has 0 spiro atoms. The highest BCUT2D eigenvalue weighted by molar-refractivity contribution is 5.58. The highest BCUT2D eigenvalue weighted by Crippen LogP contribution is 2.34. The predicted octanol–water partition coefficient (Wildman–Crippen LogP) is 3.28. The number of rotatable bonds is 2. The Hall–Kier alpha value is -1.57. The van der Waals surface area contributed by atoms with E-state index in [4.69, 9.17) is 0 Å². The zero-order chi connectivity index (χ0) is 10.1. The van der Waals surface area contributed by atoms with Gasteiger partial charge in [-0.2, -0.15) is 0 Å². The van der Waals surface area contributed by atoms with Crippen LogP contribution in [-0.4, -0.2) is 9.55 Å². The van der Waals surface area contributed by atoms with Gasteiger partial charge in [0.2, 0.25) is 0 Å². The van der Waals surface area contributed by atoms with Gasteiger partial charge in [-0.3, -0.25) is 0 Å². The Morgan fingerprint density at radius 3 is 2.60 bits per heavy atom. The van der Waals surface area contributed by atoms with Crippen LogP contribution in [0, 0.1) is 0 Å². The molecular formula is C13H14N2. The summed E-state index contributed by atoms with van der Waals surface area (Å²) in [5, 5.41) is 0. The Morgan fingerprint density at radius 2 is 1.93 bits per heavy atom. The second-order valence-electron chi connectivity index (χ2n) is 4.14. The van der Waals surface area contributed by atoms with Gasteiger partial charge in [0.1, 0.15) is 0 Å². The van der Waals surface area contributed by atoms with Crippen molar-refractivity contribution in [3.05, 3.63) is 42.9 Å². The van der Waals surface area contributed by atoms with E-state index in [2.05, 4.69) is 33.8 Å². The number of benzene rings is 1. The molecule has 1 aliphatic carbocycles. The van der Waals surface area contributed by atoms with Crippen molar-refractivity contribution in [1.29, 1.82) is 0 Å². The number of aromatic nitrogens is 2. The van der Waals surface area contributed by atoms with Crippen molar-refractivity contribution in [1.82, 2.24) is 9.55 Å². The van der Waals surface area contributed by atoms with Crippen LogP contribution in [0.5, 0.6) is 0 Å². The smallest absolute Gasteiger partial charge is 0.0953 e. The Morgan fingerprint density at radius 1 is 1.13 bits per heavy atom. The zero-order valence-corrected chi connectivity index (χ0v) is 8.63. The first-order valence-electron chi connectivity index (χ1n) is 5.52. The highest BCUT2D eigenvalue weighted by atomic mass is 15.1. The summed E-state index contributed by atoms with van der Waals surface area (Å²) < 4.78 is 2.32. The third kappa shape index (κ3) is 1.46. The van der Waals surface area contributed by atoms with E-state index >= 15 is 0 Å². The fourth-order valence-corrected chi connectivity index (χ4v) is 2.09. The minimum atomic E-state index is 0.683. The molecule has 0 aliphatic heterocycles.